The fourth-order valence-electron chi connectivity index (χ4n) is 3.74. The first-order valence-electron chi connectivity index (χ1n) is 9.39. The van der Waals surface area contributed by atoms with Crippen molar-refractivity contribution in [2.75, 3.05) is 26.7 Å². The van der Waals surface area contributed by atoms with E-state index in [2.05, 4.69) is 15.2 Å². The van der Waals surface area contributed by atoms with Gasteiger partial charge in [-0.1, -0.05) is 0 Å². The maximum Gasteiger partial charge on any atom is 0.274 e. The number of rotatable bonds is 4. The Morgan fingerprint density at radius 2 is 2.14 bits per heavy atom. The molecule has 0 spiro atoms. The molecular weight excluding hydrogens is 377 g/mol. The summed E-state index contributed by atoms with van der Waals surface area (Å²) in [5, 5.41) is 16.9. The van der Waals surface area contributed by atoms with Crippen molar-refractivity contribution < 1.29 is 19.1 Å². The van der Waals surface area contributed by atoms with E-state index in [-0.39, 0.29) is 43.0 Å². The highest BCUT2D eigenvalue weighted by Gasteiger charge is 2.30. The lowest BCUT2D eigenvalue weighted by Crippen LogP contribution is -2.37. The highest BCUT2D eigenvalue weighted by molar-refractivity contribution is 5.99. The van der Waals surface area contributed by atoms with Crippen molar-refractivity contribution in [3.8, 4) is 0 Å². The van der Waals surface area contributed by atoms with Crippen LogP contribution in [0, 0.1) is 12.7 Å². The number of H-pyrrole nitrogens is 2. The molecule has 1 aromatic carbocycles. The second-order valence-electron chi connectivity index (χ2n) is 7.32. The number of amides is 2. The SMILES string of the molecule is Cc1cc(F)cc2[nH]c(C(=O)N3CCc4[nH]nc(C(=O)N(C)CCO)c4C3)cc12. The van der Waals surface area contributed by atoms with Gasteiger partial charge in [0, 0.05) is 48.7 Å². The Morgan fingerprint density at radius 1 is 1.34 bits per heavy atom. The van der Waals surface area contributed by atoms with Gasteiger partial charge in [-0.25, -0.2) is 4.39 Å². The van der Waals surface area contributed by atoms with Crippen molar-refractivity contribution in [3.63, 3.8) is 0 Å². The zero-order valence-electron chi connectivity index (χ0n) is 16.3. The van der Waals surface area contributed by atoms with Crippen LogP contribution < -0.4 is 0 Å². The van der Waals surface area contributed by atoms with Gasteiger partial charge in [-0.15, -0.1) is 0 Å². The molecule has 0 unspecified atom stereocenters. The Labute approximate surface area is 166 Å². The Morgan fingerprint density at radius 3 is 2.90 bits per heavy atom. The Balaban J connectivity index is 1.60. The van der Waals surface area contributed by atoms with E-state index in [1.54, 1.807) is 24.9 Å². The number of halogens is 1. The lowest BCUT2D eigenvalue weighted by atomic mass is 10.0. The second kappa shape index (κ2) is 7.32. The van der Waals surface area contributed by atoms with Crippen molar-refractivity contribution in [3.05, 3.63) is 52.2 Å². The number of aromatic nitrogens is 3. The van der Waals surface area contributed by atoms with Gasteiger partial charge in [0.1, 0.15) is 11.5 Å². The number of aliphatic hydroxyl groups is 1. The largest absolute Gasteiger partial charge is 0.395 e. The predicted molar refractivity (Wildman–Crippen MR) is 104 cm³/mol. The van der Waals surface area contributed by atoms with Gasteiger partial charge in [-0.2, -0.15) is 5.10 Å². The van der Waals surface area contributed by atoms with Crippen LogP contribution in [0.5, 0.6) is 0 Å². The molecular formula is C20H22FN5O3. The van der Waals surface area contributed by atoms with E-state index in [4.69, 9.17) is 5.11 Å². The van der Waals surface area contributed by atoms with E-state index < -0.39 is 0 Å². The predicted octanol–water partition coefficient (Wildman–Crippen LogP) is 1.60. The minimum Gasteiger partial charge on any atom is -0.395 e. The molecule has 3 aromatic rings. The molecule has 0 saturated carbocycles. The van der Waals surface area contributed by atoms with Crippen LogP contribution in [0.4, 0.5) is 4.39 Å². The molecule has 0 radical (unpaired) electrons. The highest BCUT2D eigenvalue weighted by atomic mass is 19.1. The van der Waals surface area contributed by atoms with Crippen molar-refractivity contribution in [1.82, 2.24) is 25.0 Å². The second-order valence-corrected chi connectivity index (χ2v) is 7.32. The molecule has 152 valence electrons. The molecule has 1 aliphatic rings. The third kappa shape index (κ3) is 3.38. The number of nitrogens with one attached hydrogen (secondary N) is 2. The van der Waals surface area contributed by atoms with Crippen molar-refractivity contribution in [2.45, 2.75) is 19.9 Å². The summed E-state index contributed by atoms with van der Waals surface area (Å²) in [6, 6.07) is 4.54. The number of aromatic amines is 2. The number of aliphatic hydroxyl groups excluding tert-OH is 1. The average Bonchev–Trinajstić information content (AvgIpc) is 3.30. The molecule has 9 heteroatoms. The van der Waals surface area contributed by atoms with Crippen LogP contribution in [0.2, 0.25) is 0 Å². The normalized spacial score (nSPS) is 13.6. The van der Waals surface area contributed by atoms with Crippen LogP contribution >= 0.6 is 0 Å². The summed E-state index contributed by atoms with van der Waals surface area (Å²) >= 11 is 0. The number of hydrogen-bond donors (Lipinski definition) is 3. The number of benzene rings is 1. The molecule has 3 heterocycles. The van der Waals surface area contributed by atoms with Gasteiger partial charge in [0.25, 0.3) is 11.8 Å². The van der Waals surface area contributed by atoms with Gasteiger partial charge in [0.2, 0.25) is 0 Å². The molecule has 0 aliphatic carbocycles. The summed E-state index contributed by atoms with van der Waals surface area (Å²) in [4.78, 5) is 31.7. The zero-order chi connectivity index (χ0) is 20.7. The molecule has 2 aromatic heterocycles. The number of hydrogen-bond acceptors (Lipinski definition) is 4. The highest BCUT2D eigenvalue weighted by Crippen LogP contribution is 2.25. The van der Waals surface area contributed by atoms with Crippen LogP contribution in [0.15, 0.2) is 18.2 Å². The third-order valence-electron chi connectivity index (χ3n) is 5.35. The molecule has 0 bridgehead atoms. The standard InChI is InChI=1S/C20H22FN5O3/c1-11-7-12(21)8-16-13(11)9-17(22-16)19(28)26-4-3-15-14(10-26)18(24-23-15)20(29)25(2)5-6-27/h7-9,22,27H,3-6,10H2,1-2H3,(H,23,24). The van der Waals surface area contributed by atoms with E-state index in [0.29, 0.717) is 29.7 Å². The minimum atomic E-state index is -0.355. The topological polar surface area (TPSA) is 105 Å². The first-order chi connectivity index (χ1) is 13.9. The van der Waals surface area contributed by atoms with Crippen LogP contribution in [-0.4, -0.2) is 68.6 Å². The Hall–Kier alpha value is -3.20. The molecule has 0 atom stereocenters. The zero-order valence-corrected chi connectivity index (χ0v) is 16.3. The van der Waals surface area contributed by atoms with Crippen LogP contribution in [0.1, 0.15) is 37.8 Å². The first-order valence-corrected chi connectivity index (χ1v) is 9.39. The average molecular weight is 399 g/mol. The van der Waals surface area contributed by atoms with E-state index in [1.807, 2.05) is 0 Å². The number of carbonyl (C=O) groups is 2. The number of likely N-dealkylation sites (N-methyl/N-ethyl adjacent to an activating group) is 1. The summed E-state index contributed by atoms with van der Waals surface area (Å²) < 4.78 is 13.7. The first kappa shape index (κ1) is 19.1. The molecule has 29 heavy (non-hydrogen) atoms. The Bertz CT molecular complexity index is 1100. The number of aryl methyl sites for hydroxylation is 1. The van der Waals surface area contributed by atoms with Gasteiger partial charge in [-0.05, 0) is 30.7 Å². The summed E-state index contributed by atoms with van der Waals surface area (Å²) in [6.07, 6.45) is 0.555. The smallest absolute Gasteiger partial charge is 0.274 e. The lowest BCUT2D eigenvalue weighted by molar-refractivity contribution is 0.0714. The van der Waals surface area contributed by atoms with Gasteiger partial charge in [0.05, 0.1) is 13.2 Å². The molecule has 1 aliphatic heterocycles. The molecule has 4 rings (SSSR count). The minimum absolute atomic E-state index is 0.139. The van der Waals surface area contributed by atoms with Gasteiger partial charge >= 0.3 is 0 Å². The van der Waals surface area contributed by atoms with Gasteiger partial charge in [-0.3, -0.25) is 14.7 Å². The lowest BCUT2D eigenvalue weighted by Gasteiger charge is -2.27. The van der Waals surface area contributed by atoms with E-state index in [9.17, 15) is 14.0 Å². The van der Waals surface area contributed by atoms with Crippen LogP contribution in [0.25, 0.3) is 10.9 Å². The summed E-state index contributed by atoms with van der Waals surface area (Å²) in [7, 11) is 1.59. The fraction of sp³-hybridized carbons (Fsp3) is 0.350. The fourth-order valence-corrected chi connectivity index (χ4v) is 3.74. The summed E-state index contributed by atoms with van der Waals surface area (Å²) in [5.41, 5.74) is 3.51. The van der Waals surface area contributed by atoms with Crippen LogP contribution in [-0.2, 0) is 13.0 Å². The molecule has 0 fully saturated rings. The van der Waals surface area contributed by atoms with E-state index in [1.165, 1.54) is 17.0 Å². The maximum atomic E-state index is 13.7. The number of carbonyl (C=O) groups excluding carboxylic acids is 2. The quantitative estimate of drug-likeness (QED) is 0.620. The maximum absolute atomic E-state index is 13.7. The van der Waals surface area contributed by atoms with Crippen molar-refractivity contribution in [1.29, 1.82) is 0 Å². The third-order valence-corrected chi connectivity index (χ3v) is 5.35. The van der Waals surface area contributed by atoms with Crippen molar-refractivity contribution >= 4 is 22.7 Å². The number of fused-ring (bicyclic) bond motifs is 2. The molecule has 0 saturated heterocycles. The van der Waals surface area contributed by atoms with Gasteiger partial charge < -0.3 is 19.9 Å². The molecule has 3 N–H and O–H groups in total. The van der Waals surface area contributed by atoms with Crippen molar-refractivity contribution in [2.24, 2.45) is 0 Å². The van der Waals surface area contributed by atoms with Gasteiger partial charge in [0.15, 0.2) is 5.69 Å². The summed E-state index contributed by atoms with van der Waals surface area (Å²) in [6.45, 7) is 2.60. The summed E-state index contributed by atoms with van der Waals surface area (Å²) in [5.74, 6) is -0.871. The van der Waals surface area contributed by atoms with E-state index in [0.717, 1.165) is 16.6 Å². The number of nitrogens with zero attached hydrogens (tertiary/aromatic N) is 3. The Kier molecular flexibility index (Phi) is 4.83. The van der Waals surface area contributed by atoms with Crippen LogP contribution in [0.3, 0.4) is 0 Å². The van der Waals surface area contributed by atoms with E-state index >= 15 is 0 Å². The molecule has 8 nitrogen and oxygen atoms in total. The molecule has 2 amide bonds. The monoisotopic (exact) mass is 399 g/mol.